The number of hydrogen-bond donors (Lipinski definition) is 1. The van der Waals surface area contributed by atoms with Crippen molar-refractivity contribution in [3.8, 4) is 0 Å². The Kier molecular flexibility index (Phi) is 3.40. The monoisotopic (exact) mass is 210 g/mol. The highest BCUT2D eigenvalue weighted by molar-refractivity contribution is 7.13. The Morgan fingerprint density at radius 1 is 1.57 bits per heavy atom. The van der Waals surface area contributed by atoms with E-state index in [1.54, 1.807) is 11.3 Å². The van der Waals surface area contributed by atoms with Gasteiger partial charge in [-0.1, -0.05) is 26.2 Å². The Balaban J connectivity index is 1.68. The van der Waals surface area contributed by atoms with Crippen molar-refractivity contribution in [1.29, 1.82) is 0 Å². The quantitative estimate of drug-likeness (QED) is 0.806. The van der Waals surface area contributed by atoms with Crippen LogP contribution in [0.25, 0.3) is 0 Å². The largest absolute Gasteiger partial charge is 0.362 e. The number of rotatable bonds is 5. The summed E-state index contributed by atoms with van der Waals surface area (Å²) in [7, 11) is 0. The number of thiazole rings is 1. The molecule has 1 aromatic heterocycles. The lowest BCUT2D eigenvalue weighted by molar-refractivity contribution is 0.303. The van der Waals surface area contributed by atoms with Gasteiger partial charge in [0.2, 0.25) is 0 Å². The molecule has 2 nitrogen and oxygen atoms in total. The molecule has 3 heteroatoms. The van der Waals surface area contributed by atoms with Gasteiger partial charge in [-0.3, -0.25) is 0 Å². The van der Waals surface area contributed by atoms with Crippen LogP contribution in [-0.2, 0) is 6.42 Å². The summed E-state index contributed by atoms with van der Waals surface area (Å²) in [5.74, 6) is 0.994. The highest BCUT2D eigenvalue weighted by Crippen LogP contribution is 2.29. The van der Waals surface area contributed by atoms with E-state index >= 15 is 0 Å². The van der Waals surface area contributed by atoms with Crippen molar-refractivity contribution in [3.05, 3.63) is 11.1 Å². The topological polar surface area (TPSA) is 24.9 Å². The molecule has 1 aromatic rings. The fraction of sp³-hybridized carbons (Fsp3) is 0.727. The lowest BCUT2D eigenvalue weighted by Crippen LogP contribution is -2.15. The zero-order chi connectivity index (χ0) is 9.80. The average Bonchev–Trinajstić information content (AvgIpc) is 2.57. The first-order chi connectivity index (χ1) is 6.88. The second kappa shape index (κ2) is 4.78. The van der Waals surface area contributed by atoms with Gasteiger partial charge >= 0.3 is 0 Å². The van der Waals surface area contributed by atoms with Crippen molar-refractivity contribution in [2.24, 2.45) is 5.92 Å². The number of anilines is 1. The molecular formula is C11H18N2S. The van der Waals surface area contributed by atoms with Gasteiger partial charge in [-0.15, -0.1) is 11.3 Å². The van der Waals surface area contributed by atoms with Crippen molar-refractivity contribution in [2.75, 3.05) is 11.9 Å². The number of hydrogen-bond acceptors (Lipinski definition) is 3. The smallest absolute Gasteiger partial charge is 0.182 e. The summed E-state index contributed by atoms with van der Waals surface area (Å²) in [6, 6.07) is 0. The Hall–Kier alpha value is -0.570. The van der Waals surface area contributed by atoms with Crippen LogP contribution in [-0.4, -0.2) is 11.5 Å². The summed E-state index contributed by atoms with van der Waals surface area (Å²) >= 11 is 1.73. The minimum atomic E-state index is 0.994. The first-order valence-electron chi connectivity index (χ1n) is 5.56. The van der Waals surface area contributed by atoms with Gasteiger partial charge in [-0.05, 0) is 18.8 Å². The van der Waals surface area contributed by atoms with Gasteiger partial charge < -0.3 is 5.32 Å². The molecule has 1 N–H and O–H groups in total. The van der Waals surface area contributed by atoms with Gasteiger partial charge in [0.25, 0.3) is 0 Å². The molecule has 2 rings (SSSR count). The predicted octanol–water partition coefficient (Wildman–Crippen LogP) is 3.31. The van der Waals surface area contributed by atoms with E-state index < -0.39 is 0 Å². The normalized spacial score (nSPS) is 16.6. The van der Waals surface area contributed by atoms with Crippen molar-refractivity contribution in [3.63, 3.8) is 0 Å². The van der Waals surface area contributed by atoms with Gasteiger partial charge in [-0.2, -0.15) is 0 Å². The molecule has 0 atom stereocenters. The molecule has 0 radical (unpaired) electrons. The maximum absolute atomic E-state index is 4.48. The van der Waals surface area contributed by atoms with Crippen molar-refractivity contribution >= 4 is 16.5 Å². The van der Waals surface area contributed by atoms with Gasteiger partial charge in [0.05, 0.1) is 5.69 Å². The molecule has 14 heavy (non-hydrogen) atoms. The Labute approximate surface area is 89.8 Å². The Bertz CT molecular complexity index is 279. The van der Waals surface area contributed by atoms with Gasteiger partial charge in [0.15, 0.2) is 5.13 Å². The maximum atomic E-state index is 4.48. The number of nitrogens with one attached hydrogen (secondary N) is 1. The third-order valence-electron chi connectivity index (χ3n) is 2.97. The molecule has 0 spiro atoms. The first-order valence-corrected chi connectivity index (χ1v) is 6.44. The standard InChI is InChI=1S/C11H18N2S/c1-2-10-8-14-11(13-10)12-7-6-9-4-3-5-9/h8-9H,2-7H2,1H3,(H,12,13). The molecule has 0 aliphatic heterocycles. The van der Waals surface area contributed by atoms with E-state index in [1.165, 1.54) is 31.4 Å². The predicted molar refractivity (Wildman–Crippen MR) is 61.9 cm³/mol. The fourth-order valence-corrected chi connectivity index (χ4v) is 2.54. The lowest BCUT2D eigenvalue weighted by atomic mass is 9.83. The molecule has 1 heterocycles. The maximum Gasteiger partial charge on any atom is 0.182 e. The molecule has 0 saturated heterocycles. The summed E-state index contributed by atoms with van der Waals surface area (Å²) < 4.78 is 0. The molecular weight excluding hydrogens is 192 g/mol. The van der Waals surface area contributed by atoms with E-state index in [-0.39, 0.29) is 0 Å². The van der Waals surface area contributed by atoms with Crippen LogP contribution in [0.15, 0.2) is 5.38 Å². The minimum absolute atomic E-state index is 0.994. The van der Waals surface area contributed by atoms with Crippen LogP contribution in [0.3, 0.4) is 0 Å². The van der Waals surface area contributed by atoms with Crippen molar-refractivity contribution in [1.82, 2.24) is 4.98 Å². The van der Waals surface area contributed by atoms with Crippen LogP contribution in [0.4, 0.5) is 5.13 Å². The van der Waals surface area contributed by atoms with Crippen molar-refractivity contribution in [2.45, 2.75) is 39.0 Å². The zero-order valence-corrected chi connectivity index (χ0v) is 9.57. The molecule has 1 aliphatic carbocycles. The van der Waals surface area contributed by atoms with Crippen LogP contribution in [0.1, 0.15) is 38.3 Å². The zero-order valence-electron chi connectivity index (χ0n) is 8.75. The van der Waals surface area contributed by atoms with E-state index in [4.69, 9.17) is 0 Å². The summed E-state index contributed by atoms with van der Waals surface area (Å²) in [5, 5.41) is 6.65. The number of nitrogens with zero attached hydrogens (tertiary/aromatic N) is 1. The summed E-state index contributed by atoms with van der Waals surface area (Å²) in [4.78, 5) is 4.48. The third-order valence-corrected chi connectivity index (χ3v) is 3.82. The van der Waals surface area contributed by atoms with E-state index in [9.17, 15) is 0 Å². The molecule has 0 amide bonds. The lowest BCUT2D eigenvalue weighted by Gasteiger charge is -2.24. The molecule has 1 aliphatic rings. The highest BCUT2D eigenvalue weighted by atomic mass is 32.1. The SMILES string of the molecule is CCc1csc(NCCC2CCC2)n1. The molecule has 0 bridgehead atoms. The summed E-state index contributed by atoms with van der Waals surface area (Å²) in [6.45, 7) is 3.24. The van der Waals surface area contributed by atoms with Gasteiger partial charge in [0.1, 0.15) is 0 Å². The molecule has 0 unspecified atom stereocenters. The summed E-state index contributed by atoms with van der Waals surface area (Å²) in [5.41, 5.74) is 1.21. The molecule has 1 fully saturated rings. The van der Waals surface area contributed by atoms with E-state index in [0.29, 0.717) is 0 Å². The highest BCUT2D eigenvalue weighted by Gasteiger charge is 2.16. The Morgan fingerprint density at radius 3 is 3.00 bits per heavy atom. The summed E-state index contributed by atoms with van der Waals surface area (Å²) in [6.07, 6.45) is 6.70. The van der Waals surface area contributed by atoms with E-state index in [0.717, 1.165) is 24.0 Å². The van der Waals surface area contributed by atoms with Crippen LogP contribution < -0.4 is 5.32 Å². The van der Waals surface area contributed by atoms with Crippen molar-refractivity contribution < 1.29 is 0 Å². The first kappa shape index (κ1) is 9.97. The minimum Gasteiger partial charge on any atom is -0.362 e. The van der Waals surface area contributed by atoms with Gasteiger partial charge in [-0.25, -0.2) is 4.98 Å². The third kappa shape index (κ3) is 2.47. The van der Waals surface area contributed by atoms with Crippen LogP contribution in [0.5, 0.6) is 0 Å². The van der Waals surface area contributed by atoms with E-state index in [2.05, 4.69) is 22.6 Å². The fourth-order valence-electron chi connectivity index (χ4n) is 1.72. The second-order valence-corrected chi connectivity index (χ2v) is 4.87. The van der Waals surface area contributed by atoms with Gasteiger partial charge in [0, 0.05) is 11.9 Å². The molecule has 78 valence electrons. The van der Waals surface area contributed by atoms with Crippen LogP contribution in [0, 0.1) is 5.92 Å². The average molecular weight is 210 g/mol. The number of aromatic nitrogens is 1. The van der Waals surface area contributed by atoms with Crippen LogP contribution >= 0.6 is 11.3 Å². The molecule has 1 saturated carbocycles. The van der Waals surface area contributed by atoms with E-state index in [1.807, 2.05) is 0 Å². The molecule has 0 aromatic carbocycles. The Morgan fingerprint density at radius 2 is 2.43 bits per heavy atom. The number of aryl methyl sites for hydroxylation is 1. The van der Waals surface area contributed by atoms with Crippen LogP contribution in [0.2, 0.25) is 0 Å². The second-order valence-electron chi connectivity index (χ2n) is 4.01.